The van der Waals surface area contributed by atoms with Crippen molar-refractivity contribution in [1.29, 1.82) is 0 Å². The number of nitrogens with one attached hydrogen (secondary N) is 1. The van der Waals surface area contributed by atoms with Crippen LogP contribution in [0.2, 0.25) is 0 Å². The van der Waals surface area contributed by atoms with Gasteiger partial charge in [-0.25, -0.2) is 0 Å². The lowest BCUT2D eigenvalue weighted by Gasteiger charge is -2.33. The number of primary amides is 1. The van der Waals surface area contributed by atoms with E-state index >= 15 is 0 Å². The molecule has 0 aromatic heterocycles. The van der Waals surface area contributed by atoms with E-state index in [0.29, 0.717) is 6.04 Å². The van der Waals surface area contributed by atoms with Crippen molar-refractivity contribution in [3.05, 3.63) is 0 Å². The van der Waals surface area contributed by atoms with Crippen molar-refractivity contribution < 1.29 is 4.79 Å². The molecule has 2 aliphatic rings. The molecule has 4 heteroatoms. The van der Waals surface area contributed by atoms with E-state index in [1.165, 1.54) is 38.5 Å². The van der Waals surface area contributed by atoms with Gasteiger partial charge in [-0.05, 0) is 45.6 Å². The second-order valence-electron chi connectivity index (χ2n) is 6.43. The highest BCUT2D eigenvalue weighted by molar-refractivity contribution is 5.84. The van der Waals surface area contributed by atoms with E-state index < -0.39 is 5.54 Å². The summed E-state index contributed by atoms with van der Waals surface area (Å²) in [4.78, 5) is 14.3. The van der Waals surface area contributed by atoms with Gasteiger partial charge in [0.05, 0.1) is 5.54 Å². The maximum absolute atomic E-state index is 11.7. The number of nitrogens with two attached hydrogens (primary N) is 1. The third-order valence-corrected chi connectivity index (χ3v) is 4.79. The lowest BCUT2D eigenvalue weighted by atomic mass is 9.95. The zero-order valence-corrected chi connectivity index (χ0v) is 12.5. The third-order valence-electron chi connectivity index (χ3n) is 4.79. The fourth-order valence-corrected chi connectivity index (χ4v) is 3.18. The first kappa shape index (κ1) is 14.8. The number of rotatable bonds is 8. The van der Waals surface area contributed by atoms with Crippen LogP contribution in [-0.4, -0.2) is 41.5 Å². The summed E-state index contributed by atoms with van der Waals surface area (Å²) in [5.41, 5.74) is 5.07. The first-order valence-corrected chi connectivity index (χ1v) is 7.87. The van der Waals surface area contributed by atoms with Crippen LogP contribution in [0.5, 0.6) is 0 Å². The van der Waals surface area contributed by atoms with Gasteiger partial charge < -0.3 is 16.0 Å². The van der Waals surface area contributed by atoms with Gasteiger partial charge in [-0.15, -0.1) is 0 Å². The van der Waals surface area contributed by atoms with Crippen molar-refractivity contribution in [3.8, 4) is 0 Å². The van der Waals surface area contributed by atoms with E-state index in [2.05, 4.69) is 17.1 Å². The Morgan fingerprint density at radius 1 is 1.32 bits per heavy atom. The Labute approximate surface area is 117 Å². The minimum Gasteiger partial charge on any atom is -0.368 e. The molecule has 0 heterocycles. The Hall–Kier alpha value is -0.610. The molecule has 0 spiro atoms. The SMILES string of the molecule is CCN(CCC(C)(NC1CC1)C(N)=O)C1CCCC1. The maximum atomic E-state index is 11.7. The highest BCUT2D eigenvalue weighted by Crippen LogP contribution is 2.26. The Morgan fingerprint density at radius 2 is 1.95 bits per heavy atom. The molecule has 0 radical (unpaired) electrons. The summed E-state index contributed by atoms with van der Waals surface area (Å²) in [6, 6.07) is 1.24. The Kier molecular flexibility index (Phi) is 4.85. The highest BCUT2D eigenvalue weighted by atomic mass is 16.1. The molecule has 2 rings (SSSR count). The number of hydrogen-bond donors (Lipinski definition) is 2. The molecule has 0 bridgehead atoms. The van der Waals surface area contributed by atoms with Crippen molar-refractivity contribution in [2.45, 2.75) is 76.4 Å². The van der Waals surface area contributed by atoms with Gasteiger partial charge in [0.1, 0.15) is 0 Å². The minimum atomic E-state index is -0.535. The predicted octanol–water partition coefficient (Wildman–Crippen LogP) is 1.64. The van der Waals surface area contributed by atoms with E-state index in [4.69, 9.17) is 5.73 Å². The smallest absolute Gasteiger partial charge is 0.237 e. The number of hydrogen-bond acceptors (Lipinski definition) is 3. The fourth-order valence-electron chi connectivity index (χ4n) is 3.18. The summed E-state index contributed by atoms with van der Waals surface area (Å²) in [6.07, 6.45) is 8.53. The molecule has 0 aliphatic heterocycles. The molecule has 2 saturated carbocycles. The van der Waals surface area contributed by atoms with Crippen LogP contribution in [0.15, 0.2) is 0 Å². The Morgan fingerprint density at radius 3 is 2.42 bits per heavy atom. The van der Waals surface area contributed by atoms with E-state index in [1.807, 2.05) is 6.92 Å². The molecule has 4 nitrogen and oxygen atoms in total. The van der Waals surface area contributed by atoms with Crippen LogP contribution in [0, 0.1) is 0 Å². The summed E-state index contributed by atoms with van der Waals surface area (Å²) >= 11 is 0. The first-order valence-electron chi connectivity index (χ1n) is 7.87. The largest absolute Gasteiger partial charge is 0.368 e. The number of amides is 1. The molecular formula is C15H29N3O. The Bertz CT molecular complexity index is 311. The summed E-state index contributed by atoms with van der Waals surface area (Å²) in [7, 11) is 0. The molecule has 0 aromatic carbocycles. The van der Waals surface area contributed by atoms with Crippen LogP contribution in [0.25, 0.3) is 0 Å². The van der Waals surface area contributed by atoms with Crippen molar-refractivity contribution in [2.24, 2.45) is 5.73 Å². The van der Waals surface area contributed by atoms with Crippen molar-refractivity contribution in [3.63, 3.8) is 0 Å². The molecule has 2 aliphatic carbocycles. The summed E-state index contributed by atoms with van der Waals surface area (Å²) in [5.74, 6) is -0.207. The van der Waals surface area contributed by atoms with E-state index in [0.717, 1.165) is 25.6 Å². The minimum absolute atomic E-state index is 0.207. The summed E-state index contributed by atoms with van der Waals surface area (Å²) < 4.78 is 0. The molecular weight excluding hydrogens is 238 g/mol. The van der Waals surface area contributed by atoms with E-state index in [9.17, 15) is 4.79 Å². The average molecular weight is 267 g/mol. The normalized spacial score (nSPS) is 23.7. The molecule has 1 amide bonds. The summed E-state index contributed by atoms with van der Waals surface area (Å²) in [5, 5.41) is 3.44. The van der Waals surface area contributed by atoms with Crippen LogP contribution in [0.3, 0.4) is 0 Å². The van der Waals surface area contributed by atoms with Crippen LogP contribution in [0.4, 0.5) is 0 Å². The van der Waals surface area contributed by atoms with Gasteiger partial charge in [0.2, 0.25) is 5.91 Å². The molecule has 1 atom stereocenters. The second kappa shape index (κ2) is 6.23. The van der Waals surface area contributed by atoms with Crippen LogP contribution in [0.1, 0.15) is 58.8 Å². The monoisotopic (exact) mass is 267 g/mol. The van der Waals surface area contributed by atoms with Gasteiger partial charge in [0.25, 0.3) is 0 Å². The van der Waals surface area contributed by atoms with Crippen LogP contribution >= 0.6 is 0 Å². The summed E-state index contributed by atoms with van der Waals surface area (Å²) in [6.45, 7) is 6.23. The number of carbonyl (C=O) groups is 1. The van der Waals surface area contributed by atoms with Crippen molar-refractivity contribution in [1.82, 2.24) is 10.2 Å². The van der Waals surface area contributed by atoms with E-state index in [-0.39, 0.29) is 5.91 Å². The Balaban J connectivity index is 1.87. The van der Waals surface area contributed by atoms with Crippen molar-refractivity contribution in [2.75, 3.05) is 13.1 Å². The molecule has 0 saturated heterocycles. The van der Waals surface area contributed by atoms with Gasteiger partial charge in [-0.2, -0.15) is 0 Å². The quantitative estimate of drug-likeness (QED) is 0.703. The van der Waals surface area contributed by atoms with Gasteiger partial charge >= 0.3 is 0 Å². The second-order valence-corrected chi connectivity index (χ2v) is 6.43. The lowest BCUT2D eigenvalue weighted by Crippen LogP contribution is -2.55. The molecule has 2 fully saturated rings. The van der Waals surface area contributed by atoms with E-state index in [1.54, 1.807) is 0 Å². The lowest BCUT2D eigenvalue weighted by molar-refractivity contribution is -0.124. The molecule has 19 heavy (non-hydrogen) atoms. The molecule has 1 unspecified atom stereocenters. The first-order chi connectivity index (χ1) is 9.05. The maximum Gasteiger partial charge on any atom is 0.237 e. The standard InChI is InChI=1S/C15H29N3O/c1-3-18(13-6-4-5-7-13)11-10-15(2,14(16)19)17-12-8-9-12/h12-13,17H,3-11H2,1-2H3,(H2,16,19). The molecule has 110 valence electrons. The molecule has 0 aromatic rings. The predicted molar refractivity (Wildman–Crippen MR) is 77.9 cm³/mol. The van der Waals surface area contributed by atoms with Crippen LogP contribution in [-0.2, 0) is 4.79 Å². The highest BCUT2D eigenvalue weighted by Gasteiger charge is 2.37. The molecule has 3 N–H and O–H groups in total. The third kappa shape index (κ3) is 3.93. The number of carbonyl (C=O) groups excluding carboxylic acids is 1. The topological polar surface area (TPSA) is 58.4 Å². The fraction of sp³-hybridized carbons (Fsp3) is 0.933. The average Bonchev–Trinajstić information content (AvgIpc) is 3.01. The van der Waals surface area contributed by atoms with Crippen LogP contribution < -0.4 is 11.1 Å². The zero-order valence-electron chi connectivity index (χ0n) is 12.5. The van der Waals surface area contributed by atoms with Gasteiger partial charge in [-0.1, -0.05) is 19.8 Å². The van der Waals surface area contributed by atoms with Crippen molar-refractivity contribution >= 4 is 5.91 Å². The van der Waals surface area contributed by atoms with Gasteiger partial charge in [0, 0.05) is 18.6 Å². The number of nitrogens with zero attached hydrogens (tertiary/aromatic N) is 1. The van der Waals surface area contributed by atoms with Gasteiger partial charge in [0.15, 0.2) is 0 Å². The van der Waals surface area contributed by atoms with Gasteiger partial charge in [-0.3, -0.25) is 4.79 Å². The zero-order chi connectivity index (χ0) is 13.9.